The molecule has 3 N–H and O–H groups in total. The van der Waals surface area contributed by atoms with Gasteiger partial charge in [0.2, 0.25) is 0 Å². The minimum Gasteiger partial charge on any atom is -0.365 e. The highest BCUT2D eigenvalue weighted by molar-refractivity contribution is 5.92. The Morgan fingerprint density at radius 1 is 1.18 bits per heavy atom. The van der Waals surface area contributed by atoms with Crippen LogP contribution in [0.2, 0.25) is 0 Å². The Morgan fingerprint density at radius 2 is 2.03 bits per heavy atom. The van der Waals surface area contributed by atoms with Gasteiger partial charge in [0.05, 0.1) is 30.3 Å². The summed E-state index contributed by atoms with van der Waals surface area (Å²) in [6, 6.07) is 1.12. The van der Waals surface area contributed by atoms with Crippen LogP contribution in [0, 0.1) is 11.6 Å². The summed E-state index contributed by atoms with van der Waals surface area (Å²) in [5.74, 6) is -1.11. The van der Waals surface area contributed by atoms with Crippen molar-refractivity contribution in [1.82, 2.24) is 40.0 Å². The van der Waals surface area contributed by atoms with Gasteiger partial charge in [0.25, 0.3) is 5.91 Å². The maximum atomic E-state index is 14.5. The van der Waals surface area contributed by atoms with Crippen LogP contribution in [0.1, 0.15) is 36.2 Å². The molecular formula is C21H21F2N9O. The summed E-state index contributed by atoms with van der Waals surface area (Å²) in [5.41, 5.74) is 1.15. The van der Waals surface area contributed by atoms with Gasteiger partial charge in [-0.25, -0.2) is 28.7 Å². The van der Waals surface area contributed by atoms with Crippen LogP contribution in [-0.4, -0.2) is 52.7 Å². The number of aryl methyl sites for hydroxylation is 1. The first-order valence-electron chi connectivity index (χ1n) is 10.5. The number of imidazole rings is 1. The van der Waals surface area contributed by atoms with Gasteiger partial charge >= 0.3 is 0 Å². The molecule has 1 aliphatic rings. The number of aromatic amines is 1. The van der Waals surface area contributed by atoms with Crippen LogP contribution in [0.25, 0.3) is 22.6 Å². The van der Waals surface area contributed by atoms with Crippen LogP contribution in [0.4, 0.5) is 14.6 Å². The van der Waals surface area contributed by atoms with Crippen molar-refractivity contribution in [3.8, 4) is 11.5 Å². The molecule has 4 aromatic heterocycles. The molecule has 170 valence electrons. The predicted octanol–water partition coefficient (Wildman–Crippen LogP) is 2.58. The zero-order valence-corrected chi connectivity index (χ0v) is 17.7. The third-order valence-corrected chi connectivity index (χ3v) is 5.74. The fraction of sp³-hybridized carbons (Fsp3) is 0.333. The lowest BCUT2D eigenvalue weighted by Gasteiger charge is -2.30. The number of pyridine rings is 1. The third-order valence-electron chi connectivity index (χ3n) is 5.74. The first kappa shape index (κ1) is 20.9. The lowest BCUT2D eigenvalue weighted by molar-refractivity contribution is 0.0918. The van der Waals surface area contributed by atoms with Crippen LogP contribution >= 0.6 is 0 Å². The molecule has 0 saturated heterocycles. The number of aromatic nitrogens is 7. The Hall–Kier alpha value is -3.96. The summed E-state index contributed by atoms with van der Waals surface area (Å²) >= 11 is 0. The number of carbonyl (C=O) groups excluding carboxylic acids is 1. The molecule has 0 aliphatic heterocycles. The summed E-state index contributed by atoms with van der Waals surface area (Å²) in [6.45, 7) is 0. The molecule has 1 aliphatic carbocycles. The van der Waals surface area contributed by atoms with E-state index in [4.69, 9.17) is 0 Å². The van der Waals surface area contributed by atoms with Gasteiger partial charge in [-0.1, -0.05) is 0 Å². The molecule has 1 fully saturated rings. The first-order valence-corrected chi connectivity index (χ1v) is 10.5. The topological polar surface area (TPSA) is 126 Å². The number of halogens is 2. The Morgan fingerprint density at radius 3 is 2.85 bits per heavy atom. The van der Waals surface area contributed by atoms with Gasteiger partial charge in [-0.2, -0.15) is 5.10 Å². The molecule has 0 spiro atoms. The number of rotatable bonds is 5. The highest BCUT2D eigenvalue weighted by Crippen LogP contribution is 2.27. The maximum Gasteiger partial charge on any atom is 0.269 e. The Labute approximate surface area is 186 Å². The highest BCUT2D eigenvalue weighted by Gasteiger charge is 2.26. The summed E-state index contributed by atoms with van der Waals surface area (Å²) in [4.78, 5) is 28.7. The smallest absolute Gasteiger partial charge is 0.269 e. The lowest BCUT2D eigenvalue weighted by Crippen LogP contribution is -2.42. The molecular weight excluding hydrogens is 432 g/mol. The number of carbonyl (C=O) groups is 1. The maximum absolute atomic E-state index is 14.5. The molecule has 0 bridgehead atoms. The quantitative estimate of drug-likeness (QED) is 0.424. The fourth-order valence-electron chi connectivity index (χ4n) is 4.11. The normalized spacial score (nSPS) is 18.4. The van der Waals surface area contributed by atoms with Crippen molar-refractivity contribution in [1.29, 1.82) is 0 Å². The van der Waals surface area contributed by atoms with Gasteiger partial charge in [-0.3, -0.25) is 9.89 Å². The van der Waals surface area contributed by atoms with Gasteiger partial charge < -0.3 is 15.2 Å². The summed E-state index contributed by atoms with van der Waals surface area (Å²) in [7, 11) is 1.76. The molecule has 5 rings (SSSR count). The number of hydrogen-bond donors (Lipinski definition) is 3. The second-order valence-corrected chi connectivity index (χ2v) is 8.08. The van der Waals surface area contributed by atoms with Gasteiger partial charge in [0, 0.05) is 19.1 Å². The molecule has 1 amide bonds. The van der Waals surface area contributed by atoms with E-state index >= 15 is 0 Å². The molecule has 4 aromatic rings. The van der Waals surface area contributed by atoms with Crippen molar-refractivity contribution in [3.63, 3.8) is 0 Å². The largest absolute Gasteiger partial charge is 0.365 e. The highest BCUT2D eigenvalue weighted by atomic mass is 19.1. The number of H-pyrrole nitrogens is 1. The van der Waals surface area contributed by atoms with Crippen LogP contribution in [0.15, 0.2) is 31.0 Å². The van der Waals surface area contributed by atoms with Gasteiger partial charge in [-0.05, 0) is 31.7 Å². The van der Waals surface area contributed by atoms with E-state index in [1.54, 1.807) is 17.9 Å². The summed E-state index contributed by atoms with van der Waals surface area (Å²) in [6.07, 6.45) is 8.34. The second kappa shape index (κ2) is 8.52. The number of hydrogen-bond acceptors (Lipinski definition) is 7. The van der Waals surface area contributed by atoms with Gasteiger partial charge in [-0.15, -0.1) is 0 Å². The molecule has 4 heterocycles. The molecule has 2 atom stereocenters. The van der Waals surface area contributed by atoms with Crippen LogP contribution < -0.4 is 10.6 Å². The lowest BCUT2D eigenvalue weighted by atomic mass is 9.91. The van der Waals surface area contributed by atoms with Crippen molar-refractivity contribution in [2.45, 2.75) is 37.8 Å². The van der Waals surface area contributed by atoms with Crippen molar-refractivity contribution in [2.24, 2.45) is 7.05 Å². The first-order chi connectivity index (χ1) is 16.0. The minimum absolute atomic E-state index is 0.0377. The third kappa shape index (κ3) is 4.23. The summed E-state index contributed by atoms with van der Waals surface area (Å²) in [5, 5.41) is 13.3. The van der Waals surface area contributed by atoms with E-state index in [2.05, 4.69) is 40.8 Å². The Kier molecular flexibility index (Phi) is 5.40. The van der Waals surface area contributed by atoms with Crippen molar-refractivity contribution in [3.05, 3.63) is 48.3 Å². The number of nitrogens with one attached hydrogen (secondary N) is 3. The fourth-order valence-corrected chi connectivity index (χ4v) is 4.11. The second-order valence-electron chi connectivity index (χ2n) is 8.08. The Balaban J connectivity index is 1.32. The molecule has 1 saturated carbocycles. The van der Waals surface area contributed by atoms with Crippen molar-refractivity contribution in [2.75, 3.05) is 5.32 Å². The molecule has 0 aromatic carbocycles. The number of anilines is 1. The zero-order valence-electron chi connectivity index (χ0n) is 17.7. The zero-order chi connectivity index (χ0) is 22.9. The van der Waals surface area contributed by atoms with E-state index in [1.165, 1.54) is 12.3 Å². The minimum atomic E-state index is -0.604. The number of nitrogens with zero attached hydrogens (tertiary/aromatic N) is 6. The van der Waals surface area contributed by atoms with Crippen LogP contribution in [0.3, 0.4) is 0 Å². The predicted molar refractivity (Wildman–Crippen MR) is 115 cm³/mol. The van der Waals surface area contributed by atoms with Crippen molar-refractivity contribution < 1.29 is 13.6 Å². The average Bonchev–Trinajstić information content (AvgIpc) is 3.41. The standard InChI is InChI=1S/C21H21F2N9O/c1-32-10-24-9-16(32)21(33)28-13-4-2-3-12(6-13)27-19-15(23)8-26-20(29-19)17-14-5-11(22)7-25-18(14)31-30-17/h5,7-10,12-13H,2-4,6H2,1H3,(H,28,33)(H,25,30,31)(H,26,27,29)/t12?,13-/m1/s1. The van der Waals surface area contributed by atoms with E-state index in [1.807, 2.05) is 0 Å². The van der Waals surface area contributed by atoms with E-state index in [-0.39, 0.29) is 29.6 Å². The van der Waals surface area contributed by atoms with Crippen LogP contribution in [-0.2, 0) is 7.05 Å². The van der Waals surface area contributed by atoms with E-state index < -0.39 is 11.6 Å². The van der Waals surface area contributed by atoms with E-state index in [0.29, 0.717) is 28.8 Å². The SMILES string of the molecule is Cn1cncc1C(=O)N[C@@H]1CCCC(Nc2nc(-c3[nH]nc4ncc(F)cc34)ncc2F)C1. The van der Waals surface area contributed by atoms with Gasteiger partial charge in [0.15, 0.2) is 23.1 Å². The monoisotopic (exact) mass is 453 g/mol. The molecule has 12 heteroatoms. The molecule has 0 radical (unpaired) electrons. The molecule has 10 nitrogen and oxygen atoms in total. The average molecular weight is 453 g/mol. The summed E-state index contributed by atoms with van der Waals surface area (Å²) < 4.78 is 29.8. The molecule has 1 unspecified atom stereocenters. The van der Waals surface area contributed by atoms with Crippen LogP contribution in [0.5, 0.6) is 0 Å². The van der Waals surface area contributed by atoms with E-state index in [0.717, 1.165) is 31.7 Å². The molecule has 33 heavy (non-hydrogen) atoms. The van der Waals surface area contributed by atoms with Crippen molar-refractivity contribution >= 4 is 22.8 Å². The number of amides is 1. The van der Waals surface area contributed by atoms with Gasteiger partial charge in [0.1, 0.15) is 17.2 Å². The van der Waals surface area contributed by atoms with E-state index in [9.17, 15) is 13.6 Å². The number of fused-ring (bicyclic) bond motifs is 1. The Bertz CT molecular complexity index is 1320.